The number of nitrogens with two attached hydrogens (primary N) is 1. The van der Waals surface area contributed by atoms with Crippen LogP contribution in [0, 0.1) is 0 Å². The maximum atomic E-state index is 11.6. The highest BCUT2D eigenvalue weighted by atomic mass is 16.3. The second kappa shape index (κ2) is 5.95. The first-order valence-electron chi connectivity index (χ1n) is 4.69. The lowest BCUT2D eigenvalue weighted by Gasteiger charge is -2.25. The van der Waals surface area contributed by atoms with Crippen molar-refractivity contribution in [1.29, 1.82) is 0 Å². The molecule has 0 unspecified atom stereocenters. The van der Waals surface area contributed by atoms with Gasteiger partial charge in [0, 0.05) is 25.0 Å². The lowest BCUT2D eigenvalue weighted by Crippen LogP contribution is -2.43. The van der Waals surface area contributed by atoms with Crippen LogP contribution in [0.15, 0.2) is 0 Å². The number of hydrogen-bond donors (Lipinski definition) is 3. The van der Waals surface area contributed by atoms with Crippen molar-refractivity contribution in [3.8, 4) is 0 Å². The van der Waals surface area contributed by atoms with Crippen molar-refractivity contribution in [2.24, 2.45) is 5.73 Å². The largest absolute Gasteiger partial charge is 0.395 e. The van der Waals surface area contributed by atoms with Gasteiger partial charge in [-0.05, 0) is 13.8 Å². The van der Waals surface area contributed by atoms with Crippen LogP contribution in [0.5, 0.6) is 0 Å². The van der Waals surface area contributed by atoms with Crippen molar-refractivity contribution in [1.82, 2.24) is 4.90 Å². The lowest BCUT2D eigenvalue weighted by atomic mass is 10.0. The van der Waals surface area contributed by atoms with Crippen LogP contribution >= 0.6 is 0 Å². The van der Waals surface area contributed by atoms with Gasteiger partial charge in [0.15, 0.2) is 0 Å². The van der Waals surface area contributed by atoms with Gasteiger partial charge in [0.05, 0.1) is 13.2 Å². The molecule has 0 aromatic carbocycles. The summed E-state index contributed by atoms with van der Waals surface area (Å²) in [5.41, 5.74) is 5.14. The number of rotatable bonds is 6. The molecule has 0 radical (unpaired) electrons. The molecule has 0 bridgehead atoms. The predicted molar refractivity (Wildman–Crippen MR) is 53.6 cm³/mol. The minimum absolute atomic E-state index is 0.100. The summed E-state index contributed by atoms with van der Waals surface area (Å²) in [5, 5.41) is 17.4. The van der Waals surface area contributed by atoms with Gasteiger partial charge in [-0.15, -0.1) is 0 Å². The number of aliphatic hydroxyl groups is 2. The molecule has 0 aliphatic heterocycles. The Morgan fingerprint density at radius 3 is 2.00 bits per heavy atom. The minimum Gasteiger partial charge on any atom is -0.395 e. The van der Waals surface area contributed by atoms with Crippen LogP contribution in [0.2, 0.25) is 0 Å². The van der Waals surface area contributed by atoms with Gasteiger partial charge in [-0.3, -0.25) is 4.79 Å². The molecular formula is C9H20N2O3. The molecule has 0 aromatic rings. The molecule has 0 aromatic heterocycles. The van der Waals surface area contributed by atoms with E-state index in [-0.39, 0.29) is 38.6 Å². The third kappa shape index (κ3) is 5.90. The van der Waals surface area contributed by atoms with Crippen LogP contribution in [0.1, 0.15) is 20.3 Å². The summed E-state index contributed by atoms with van der Waals surface area (Å²) < 4.78 is 0. The molecule has 4 N–H and O–H groups in total. The van der Waals surface area contributed by atoms with Crippen molar-refractivity contribution < 1.29 is 15.0 Å². The quantitative estimate of drug-likeness (QED) is 0.514. The zero-order chi connectivity index (χ0) is 11.2. The van der Waals surface area contributed by atoms with E-state index in [2.05, 4.69) is 0 Å². The summed E-state index contributed by atoms with van der Waals surface area (Å²) in [6, 6.07) is 0. The van der Waals surface area contributed by atoms with E-state index >= 15 is 0 Å². The van der Waals surface area contributed by atoms with Crippen LogP contribution in [0.25, 0.3) is 0 Å². The Kier molecular flexibility index (Phi) is 5.68. The average molecular weight is 204 g/mol. The highest BCUT2D eigenvalue weighted by molar-refractivity contribution is 5.77. The first-order chi connectivity index (χ1) is 6.40. The SMILES string of the molecule is CC(C)(N)CC(=O)N(CCO)CCO. The van der Waals surface area contributed by atoms with Crippen molar-refractivity contribution >= 4 is 5.91 Å². The van der Waals surface area contributed by atoms with Gasteiger partial charge in [0.1, 0.15) is 0 Å². The normalized spacial score (nSPS) is 11.5. The fourth-order valence-electron chi connectivity index (χ4n) is 1.10. The third-order valence-corrected chi connectivity index (χ3v) is 1.70. The highest BCUT2D eigenvalue weighted by Crippen LogP contribution is 2.06. The van der Waals surface area contributed by atoms with Gasteiger partial charge in [0.25, 0.3) is 0 Å². The van der Waals surface area contributed by atoms with Gasteiger partial charge in [0.2, 0.25) is 5.91 Å². The Bertz CT molecular complexity index is 171. The molecule has 0 aliphatic carbocycles. The van der Waals surface area contributed by atoms with Gasteiger partial charge in [-0.25, -0.2) is 0 Å². The molecule has 0 fully saturated rings. The summed E-state index contributed by atoms with van der Waals surface area (Å²) >= 11 is 0. The van der Waals surface area contributed by atoms with E-state index in [9.17, 15) is 4.79 Å². The van der Waals surface area contributed by atoms with E-state index in [1.165, 1.54) is 4.90 Å². The molecule has 1 amide bonds. The smallest absolute Gasteiger partial charge is 0.224 e. The van der Waals surface area contributed by atoms with Crippen LogP contribution in [0.3, 0.4) is 0 Å². The van der Waals surface area contributed by atoms with Gasteiger partial charge in [-0.1, -0.05) is 0 Å². The maximum absolute atomic E-state index is 11.6. The number of aliphatic hydroxyl groups excluding tert-OH is 2. The molecule has 0 spiro atoms. The van der Waals surface area contributed by atoms with Crippen molar-refractivity contribution in [2.45, 2.75) is 25.8 Å². The Morgan fingerprint density at radius 1 is 1.29 bits per heavy atom. The van der Waals surface area contributed by atoms with Crippen molar-refractivity contribution in [2.75, 3.05) is 26.3 Å². The summed E-state index contributed by atoms with van der Waals surface area (Å²) in [5.74, 6) is -0.138. The molecule has 5 nitrogen and oxygen atoms in total. The van der Waals surface area contributed by atoms with E-state index in [1.54, 1.807) is 13.8 Å². The standard InChI is InChI=1S/C9H20N2O3/c1-9(2,10)7-8(14)11(3-5-12)4-6-13/h12-13H,3-7,10H2,1-2H3. The highest BCUT2D eigenvalue weighted by Gasteiger charge is 2.20. The number of nitrogens with zero attached hydrogens (tertiary/aromatic N) is 1. The van der Waals surface area contributed by atoms with Gasteiger partial charge >= 0.3 is 0 Å². The summed E-state index contributed by atoms with van der Waals surface area (Å²) in [6.07, 6.45) is 0.215. The third-order valence-electron chi connectivity index (χ3n) is 1.70. The molecular weight excluding hydrogens is 184 g/mol. The summed E-state index contributed by atoms with van der Waals surface area (Å²) in [4.78, 5) is 13.0. The minimum atomic E-state index is -0.555. The second-order valence-corrected chi connectivity index (χ2v) is 3.99. The van der Waals surface area contributed by atoms with E-state index in [0.29, 0.717) is 0 Å². The van der Waals surface area contributed by atoms with Crippen LogP contribution in [-0.2, 0) is 4.79 Å². The van der Waals surface area contributed by atoms with Gasteiger partial charge in [-0.2, -0.15) is 0 Å². The number of amides is 1. The van der Waals surface area contributed by atoms with E-state index < -0.39 is 5.54 Å². The zero-order valence-electron chi connectivity index (χ0n) is 8.86. The summed E-state index contributed by atoms with van der Waals surface area (Å²) in [7, 11) is 0. The van der Waals surface area contributed by atoms with E-state index in [1.807, 2.05) is 0 Å². The van der Waals surface area contributed by atoms with Crippen LogP contribution in [0.4, 0.5) is 0 Å². The van der Waals surface area contributed by atoms with E-state index in [0.717, 1.165) is 0 Å². The van der Waals surface area contributed by atoms with E-state index in [4.69, 9.17) is 15.9 Å². The maximum Gasteiger partial charge on any atom is 0.224 e. The Balaban J connectivity index is 4.14. The first-order valence-corrected chi connectivity index (χ1v) is 4.69. The van der Waals surface area contributed by atoms with Crippen LogP contribution in [-0.4, -0.2) is 52.9 Å². The topological polar surface area (TPSA) is 86.8 Å². The molecule has 0 rings (SSSR count). The van der Waals surface area contributed by atoms with Crippen molar-refractivity contribution in [3.05, 3.63) is 0 Å². The van der Waals surface area contributed by atoms with Crippen LogP contribution < -0.4 is 5.73 Å². The lowest BCUT2D eigenvalue weighted by molar-refractivity contribution is -0.133. The Morgan fingerprint density at radius 2 is 1.71 bits per heavy atom. The Labute approximate surface area is 84.5 Å². The van der Waals surface area contributed by atoms with Gasteiger partial charge < -0.3 is 20.8 Å². The number of carbonyl (C=O) groups is 1. The average Bonchev–Trinajstić information content (AvgIpc) is 2.01. The molecule has 0 atom stereocenters. The molecule has 5 heteroatoms. The molecule has 84 valence electrons. The monoisotopic (exact) mass is 204 g/mol. The molecule has 0 saturated heterocycles. The zero-order valence-corrected chi connectivity index (χ0v) is 8.86. The number of hydrogen-bond acceptors (Lipinski definition) is 4. The molecule has 14 heavy (non-hydrogen) atoms. The Hall–Kier alpha value is -0.650. The molecule has 0 saturated carbocycles. The summed E-state index contributed by atoms with van der Waals surface area (Å²) in [6.45, 7) is 3.82. The fourth-order valence-corrected chi connectivity index (χ4v) is 1.10. The molecule has 0 heterocycles. The first kappa shape index (κ1) is 13.4. The molecule has 0 aliphatic rings. The van der Waals surface area contributed by atoms with Crippen molar-refractivity contribution in [3.63, 3.8) is 0 Å². The second-order valence-electron chi connectivity index (χ2n) is 3.99. The number of carbonyl (C=O) groups excluding carboxylic acids is 1. The fraction of sp³-hybridized carbons (Fsp3) is 0.889. The predicted octanol–water partition coefficient (Wildman–Crippen LogP) is -1.07.